The van der Waals surface area contributed by atoms with Crippen LogP contribution in [0.2, 0.25) is 0 Å². The molecule has 10 nitrogen and oxygen atoms in total. The Hall–Kier alpha value is -3.40. The van der Waals surface area contributed by atoms with Gasteiger partial charge in [-0.25, -0.2) is 4.98 Å². The van der Waals surface area contributed by atoms with E-state index in [2.05, 4.69) is 39.4 Å². The fraction of sp³-hybridized carbons (Fsp3) is 0.600. The lowest BCUT2D eigenvalue weighted by atomic mass is 10.0. The van der Waals surface area contributed by atoms with E-state index in [0.717, 1.165) is 56.7 Å². The summed E-state index contributed by atoms with van der Waals surface area (Å²) in [4.78, 5) is 42.0. The highest BCUT2D eigenvalue weighted by molar-refractivity contribution is 6.04. The van der Waals surface area contributed by atoms with Crippen LogP contribution in [0, 0.1) is 11.8 Å². The van der Waals surface area contributed by atoms with Gasteiger partial charge in [0.15, 0.2) is 5.82 Å². The molecule has 2 aliphatic carbocycles. The number of carbonyl (C=O) groups excluding carboxylic acids is 2. The van der Waals surface area contributed by atoms with E-state index in [1.807, 2.05) is 12.1 Å². The number of benzene rings is 1. The van der Waals surface area contributed by atoms with E-state index in [0.29, 0.717) is 40.8 Å². The van der Waals surface area contributed by atoms with Crippen molar-refractivity contribution >= 4 is 35.0 Å². The van der Waals surface area contributed by atoms with Crippen LogP contribution >= 0.6 is 0 Å². The number of nitrogens with one attached hydrogen (secondary N) is 2. The topological polar surface area (TPSA) is 103 Å². The van der Waals surface area contributed by atoms with Crippen molar-refractivity contribution in [2.75, 3.05) is 49.4 Å². The van der Waals surface area contributed by atoms with Gasteiger partial charge in [0.05, 0.1) is 19.0 Å². The molecule has 0 radical (unpaired) electrons. The molecule has 40 heavy (non-hydrogen) atoms. The van der Waals surface area contributed by atoms with Gasteiger partial charge >= 0.3 is 0 Å². The van der Waals surface area contributed by atoms with Crippen LogP contribution < -0.4 is 25.2 Å². The molecule has 3 heterocycles. The van der Waals surface area contributed by atoms with Crippen molar-refractivity contribution in [1.82, 2.24) is 20.2 Å². The first-order chi connectivity index (χ1) is 19.4. The molecule has 2 saturated carbocycles. The van der Waals surface area contributed by atoms with Gasteiger partial charge in [-0.2, -0.15) is 4.98 Å². The van der Waals surface area contributed by atoms with Crippen molar-refractivity contribution in [3.63, 3.8) is 0 Å². The van der Waals surface area contributed by atoms with Crippen molar-refractivity contribution < 1.29 is 14.3 Å². The van der Waals surface area contributed by atoms with Crippen LogP contribution in [0.3, 0.4) is 0 Å². The summed E-state index contributed by atoms with van der Waals surface area (Å²) in [5.74, 6) is 3.16. The van der Waals surface area contributed by atoms with Gasteiger partial charge < -0.3 is 30.1 Å². The average molecular weight is 548 g/mol. The second-order valence-electron chi connectivity index (χ2n) is 12.0. The van der Waals surface area contributed by atoms with Crippen LogP contribution in [-0.2, 0) is 4.79 Å². The molecular formula is C30H41N7O3. The Balaban J connectivity index is 1.20. The van der Waals surface area contributed by atoms with E-state index in [-0.39, 0.29) is 23.9 Å². The van der Waals surface area contributed by atoms with Gasteiger partial charge in [-0.1, -0.05) is 19.8 Å². The fourth-order valence-corrected chi connectivity index (χ4v) is 7.42. The monoisotopic (exact) mass is 547 g/mol. The van der Waals surface area contributed by atoms with Gasteiger partial charge in [-0.3, -0.25) is 9.59 Å². The highest BCUT2D eigenvalue weighted by atomic mass is 16.5. The minimum atomic E-state index is -0.226. The molecule has 6 rings (SSSR count). The van der Waals surface area contributed by atoms with Crippen LogP contribution in [0.1, 0.15) is 62.2 Å². The SMILES string of the molecule is CC[C@@H]1C(=O)N(C)c2cnc(Nc3ccc(C(=O)NC4CC5CN(C)CC5C4)cc3OC)nc2N1C1CCCC1. The maximum atomic E-state index is 13.2. The highest BCUT2D eigenvalue weighted by Gasteiger charge is 2.42. The second kappa shape index (κ2) is 10.9. The van der Waals surface area contributed by atoms with E-state index < -0.39 is 0 Å². The van der Waals surface area contributed by atoms with Crippen molar-refractivity contribution in [3.05, 3.63) is 30.0 Å². The molecule has 2 amide bonds. The third-order valence-corrected chi connectivity index (χ3v) is 9.39. The zero-order valence-electron chi connectivity index (χ0n) is 24.0. The number of rotatable bonds is 7. The molecule has 214 valence electrons. The molecule has 1 saturated heterocycles. The number of hydrogen-bond acceptors (Lipinski definition) is 8. The summed E-state index contributed by atoms with van der Waals surface area (Å²) in [6.07, 6.45) is 9.01. The molecule has 1 aromatic carbocycles. The third kappa shape index (κ3) is 4.87. The minimum Gasteiger partial charge on any atom is -0.495 e. The summed E-state index contributed by atoms with van der Waals surface area (Å²) in [6, 6.07) is 5.72. The number of carbonyl (C=O) groups is 2. The molecule has 2 N–H and O–H groups in total. The van der Waals surface area contributed by atoms with E-state index >= 15 is 0 Å². The number of methoxy groups -OCH3 is 1. The summed E-state index contributed by atoms with van der Waals surface area (Å²) < 4.78 is 5.66. The van der Waals surface area contributed by atoms with Gasteiger partial charge in [0.2, 0.25) is 11.9 Å². The summed E-state index contributed by atoms with van der Waals surface area (Å²) in [7, 11) is 5.57. The zero-order valence-corrected chi connectivity index (χ0v) is 24.0. The zero-order chi connectivity index (χ0) is 28.0. The van der Waals surface area contributed by atoms with Crippen molar-refractivity contribution in [2.24, 2.45) is 11.8 Å². The lowest BCUT2D eigenvalue weighted by molar-refractivity contribution is -0.120. The largest absolute Gasteiger partial charge is 0.495 e. The Bertz CT molecular complexity index is 1270. The lowest BCUT2D eigenvalue weighted by Gasteiger charge is -2.43. The number of hydrogen-bond donors (Lipinski definition) is 2. The molecule has 10 heteroatoms. The number of fused-ring (bicyclic) bond motifs is 2. The van der Waals surface area contributed by atoms with Crippen LogP contribution in [0.4, 0.5) is 23.1 Å². The number of likely N-dealkylation sites (tertiary alicyclic amines) is 1. The Kier molecular flexibility index (Phi) is 7.29. The lowest BCUT2D eigenvalue weighted by Crippen LogP contribution is -2.55. The summed E-state index contributed by atoms with van der Waals surface area (Å²) >= 11 is 0. The molecule has 3 atom stereocenters. The van der Waals surface area contributed by atoms with Crippen LogP contribution in [-0.4, -0.2) is 79.1 Å². The van der Waals surface area contributed by atoms with Crippen LogP contribution in [0.5, 0.6) is 5.75 Å². The Morgan fingerprint density at radius 3 is 2.52 bits per heavy atom. The molecule has 1 aromatic heterocycles. The van der Waals surface area contributed by atoms with Gasteiger partial charge in [-0.15, -0.1) is 0 Å². The normalized spacial score (nSPS) is 26.6. The summed E-state index contributed by atoms with van der Waals surface area (Å²) in [5.41, 5.74) is 1.98. The van der Waals surface area contributed by atoms with E-state index in [9.17, 15) is 9.59 Å². The Morgan fingerprint density at radius 1 is 1.12 bits per heavy atom. The second-order valence-corrected chi connectivity index (χ2v) is 12.0. The maximum absolute atomic E-state index is 13.2. The fourth-order valence-electron chi connectivity index (χ4n) is 7.42. The number of anilines is 4. The van der Waals surface area contributed by atoms with Crippen LogP contribution in [0.15, 0.2) is 24.4 Å². The van der Waals surface area contributed by atoms with E-state index in [1.165, 1.54) is 12.8 Å². The molecule has 3 fully saturated rings. The van der Waals surface area contributed by atoms with Crippen LogP contribution in [0.25, 0.3) is 0 Å². The molecule has 2 unspecified atom stereocenters. The van der Waals surface area contributed by atoms with Gasteiger partial charge in [-0.05, 0) is 69.2 Å². The smallest absolute Gasteiger partial charge is 0.251 e. The average Bonchev–Trinajstić information content (AvgIpc) is 3.68. The Labute approximate surface area is 236 Å². The quantitative estimate of drug-likeness (QED) is 0.540. The standard InChI is InChI=1S/C30H41N7O3/c1-5-24-29(39)36(3)25-15-31-30(34-27(25)37(24)22-8-6-7-9-22)33-23-11-10-18(14-26(23)40-4)28(38)32-21-12-19-16-35(2)17-20(19)13-21/h10-11,14-15,19-22,24H,5-9,12-13,16-17H2,1-4H3,(H,32,38)(H,31,33,34)/t19?,20?,21?,24-/m1/s1. The molecule has 2 aromatic rings. The van der Waals surface area contributed by atoms with Crippen molar-refractivity contribution in [1.29, 1.82) is 0 Å². The van der Waals surface area contributed by atoms with E-state index in [1.54, 1.807) is 31.3 Å². The number of likely N-dealkylation sites (N-methyl/N-ethyl adjacent to an activating group) is 1. The number of ether oxygens (including phenoxy) is 1. The number of aromatic nitrogens is 2. The molecular weight excluding hydrogens is 506 g/mol. The maximum Gasteiger partial charge on any atom is 0.251 e. The first kappa shape index (κ1) is 26.8. The molecule has 2 aliphatic heterocycles. The molecule has 0 spiro atoms. The first-order valence-electron chi connectivity index (χ1n) is 14.7. The predicted octanol–water partition coefficient (Wildman–Crippen LogP) is 3.80. The third-order valence-electron chi connectivity index (χ3n) is 9.39. The van der Waals surface area contributed by atoms with Gasteiger partial charge in [0.1, 0.15) is 17.5 Å². The highest BCUT2D eigenvalue weighted by Crippen LogP contribution is 2.41. The number of nitrogens with zero attached hydrogens (tertiary/aromatic N) is 5. The summed E-state index contributed by atoms with van der Waals surface area (Å²) in [5, 5.41) is 6.55. The first-order valence-corrected chi connectivity index (χ1v) is 14.7. The van der Waals surface area contributed by atoms with Crippen molar-refractivity contribution in [3.8, 4) is 5.75 Å². The predicted molar refractivity (Wildman–Crippen MR) is 155 cm³/mol. The van der Waals surface area contributed by atoms with Crippen molar-refractivity contribution in [2.45, 2.75) is 70.0 Å². The molecule has 0 bridgehead atoms. The summed E-state index contributed by atoms with van der Waals surface area (Å²) in [6.45, 7) is 4.31. The van der Waals surface area contributed by atoms with Gasteiger partial charge in [0.25, 0.3) is 5.91 Å². The number of amides is 2. The van der Waals surface area contributed by atoms with Gasteiger partial charge in [0, 0.05) is 37.8 Å². The minimum absolute atomic E-state index is 0.0706. The Morgan fingerprint density at radius 2 is 1.85 bits per heavy atom. The molecule has 4 aliphatic rings. The van der Waals surface area contributed by atoms with E-state index in [4.69, 9.17) is 9.72 Å².